The Balaban J connectivity index is 1.67. The minimum atomic E-state index is 0.910. The fraction of sp³-hybridized carbons (Fsp3) is 0.120. The Labute approximate surface area is 160 Å². The van der Waals surface area contributed by atoms with Crippen LogP contribution in [0.3, 0.4) is 0 Å². The van der Waals surface area contributed by atoms with Gasteiger partial charge < -0.3 is 0 Å². The average molecular weight is 350 g/mol. The van der Waals surface area contributed by atoms with Crippen molar-refractivity contribution in [3.8, 4) is 22.3 Å². The molecule has 0 amide bonds. The summed E-state index contributed by atoms with van der Waals surface area (Å²) in [5.41, 5.74) is 9.83. The van der Waals surface area contributed by atoms with E-state index in [0.29, 0.717) is 0 Å². The first-order valence-corrected chi connectivity index (χ1v) is 9.21. The molecule has 2 aromatic carbocycles. The Morgan fingerprint density at radius 2 is 1.48 bits per heavy atom. The standard InChI is InChI=1S/C25H22N2/c1-18-13-21(17-24(14-18)25-7-4-10-27-19(25)2)15-20-5-3-6-23(16-20)22-8-11-26-12-9-22/h3-14,16-17H,15H2,1-2H3. The monoisotopic (exact) mass is 350 g/mol. The summed E-state index contributed by atoms with van der Waals surface area (Å²) >= 11 is 0. The lowest BCUT2D eigenvalue weighted by molar-refractivity contribution is 1.17. The molecule has 0 aliphatic heterocycles. The smallest absolute Gasteiger partial charge is 0.0450 e. The molecule has 0 spiro atoms. The molecule has 27 heavy (non-hydrogen) atoms. The van der Waals surface area contributed by atoms with E-state index in [1.54, 1.807) is 0 Å². The minimum absolute atomic E-state index is 0.910. The van der Waals surface area contributed by atoms with Crippen molar-refractivity contribution in [2.24, 2.45) is 0 Å². The van der Waals surface area contributed by atoms with Gasteiger partial charge in [0.25, 0.3) is 0 Å². The summed E-state index contributed by atoms with van der Waals surface area (Å²) < 4.78 is 0. The molecular weight excluding hydrogens is 328 g/mol. The molecule has 2 nitrogen and oxygen atoms in total. The predicted molar refractivity (Wildman–Crippen MR) is 112 cm³/mol. The molecular formula is C25H22N2. The van der Waals surface area contributed by atoms with Gasteiger partial charge in [0, 0.05) is 29.8 Å². The third-order valence-corrected chi connectivity index (χ3v) is 4.80. The van der Waals surface area contributed by atoms with Crippen LogP contribution in [0.2, 0.25) is 0 Å². The van der Waals surface area contributed by atoms with Crippen LogP contribution in [-0.2, 0) is 6.42 Å². The molecule has 0 fully saturated rings. The normalized spacial score (nSPS) is 10.7. The SMILES string of the molecule is Cc1cc(Cc2cccc(-c3ccncc3)c2)cc(-c2cccnc2C)c1. The van der Waals surface area contributed by atoms with Crippen LogP contribution >= 0.6 is 0 Å². The van der Waals surface area contributed by atoms with E-state index >= 15 is 0 Å². The third kappa shape index (κ3) is 3.95. The molecule has 0 unspecified atom stereocenters. The van der Waals surface area contributed by atoms with Crippen LogP contribution in [0.4, 0.5) is 0 Å². The predicted octanol–water partition coefficient (Wildman–Crippen LogP) is 6.02. The van der Waals surface area contributed by atoms with E-state index in [0.717, 1.165) is 12.1 Å². The summed E-state index contributed by atoms with van der Waals surface area (Å²) in [6.07, 6.45) is 6.43. The summed E-state index contributed by atoms with van der Waals surface area (Å²) in [4.78, 5) is 8.55. The van der Waals surface area contributed by atoms with Crippen molar-refractivity contribution in [3.05, 3.63) is 108 Å². The first kappa shape index (κ1) is 17.2. The van der Waals surface area contributed by atoms with Crippen molar-refractivity contribution < 1.29 is 0 Å². The first-order valence-electron chi connectivity index (χ1n) is 9.21. The number of hydrogen-bond acceptors (Lipinski definition) is 2. The summed E-state index contributed by atoms with van der Waals surface area (Å²) in [5.74, 6) is 0. The molecule has 0 saturated heterocycles. The summed E-state index contributed by atoms with van der Waals surface area (Å²) in [6, 6.07) is 23.8. The van der Waals surface area contributed by atoms with E-state index in [-0.39, 0.29) is 0 Å². The molecule has 0 aliphatic carbocycles. The van der Waals surface area contributed by atoms with Gasteiger partial charge in [0.2, 0.25) is 0 Å². The molecule has 0 N–H and O–H groups in total. The van der Waals surface area contributed by atoms with E-state index in [2.05, 4.69) is 84.5 Å². The average Bonchev–Trinajstić information content (AvgIpc) is 2.69. The molecule has 0 atom stereocenters. The second kappa shape index (κ2) is 7.55. The van der Waals surface area contributed by atoms with Gasteiger partial charge in [0.15, 0.2) is 0 Å². The van der Waals surface area contributed by atoms with Crippen LogP contribution in [0, 0.1) is 13.8 Å². The topological polar surface area (TPSA) is 25.8 Å². The highest BCUT2D eigenvalue weighted by Gasteiger charge is 2.06. The van der Waals surface area contributed by atoms with Crippen LogP contribution in [0.15, 0.2) is 85.3 Å². The van der Waals surface area contributed by atoms with Gasteiger partial charge in [-0.05, 0) is 66.3 Å². The fourth-order valence-corrected chi connectivity index (χ4v) is 3.55. The van der Waals surface area contributed by atoms with Crippen molar-refractivity contribution in [2.75, 3.05) is 0 Å². The molecule has 2 aromatic heterocycles. The van der Waals surface area contributed by atoms with Crippen LogP contribution in [0.25, 0.3) is 22.3 Å². The van der Waals surface area contributed by atoms with E-state index in [9.17, 15) is 0 Å². The Kier molecular flexibility index (Phi) is 4.80. The van der Waals surface area contributed by atoms with Crippen molar-refractivity contribution in [1.29, 1.82) is 0 Å². The van der Waals surface area contributed by atoms with Gasteiger partial charge >= 0.3 is 0 Å². The lowest BCUT2D eigenvalue weighted by Gasteiger charge is -2.11. The first-order chi connectivity index (χ1) is 13.2. The highest BCUT2D eigenvalue weighted by Crippen LogP contribution is 2.26. The van der Waals surface area contributed by atoms with E-state index in [4.69, 9.17) is 0 Å². The number of rotatable bonds is 4. The molecule has 132 valence electrons. The van der Waals surface area contributed by atoms with Gasteiger partial charge in [0.1, 0.15) is 0 Å². The highest BCUT2D eigenvalue weighted by atomic mass is 14.7. The number of pyridine rings is 2. The zero-order valence-electron chi connectivity index (χ0n) is 15.7. The largest absolute Gasteiger partial charge is 0.265 e. The number of aryl methyl sites for hydroxylation is 2. The van der Waals surface area contributed by atoms with Crippen molar-refractivity contribution in [1.82, 2.24) is 9.97 Å². The molecule has 2 heteroatoms. The number of hydrogen-bond donors (Lipinski definition) is 0. The van der Waals surface area contributed by atoms with E-state index < -0.39 is 0 Å². The van der Waals surface area contributed by atoms with Crippen molar-refractivity contribution >= 4 is 0 Å². The summed E-state index contributed by atoms with van der Waals surface area (Å²) in [6.45, 7) is 4.22. The lowest BCUT2D eigenvalue weighted by atomic mass is 9.95. The molecule has 4 aromatic rings. The molecule has 0 radical (unpaired) electrons. The molecule has 2 heterocycles. The van der Waals surface area contributed by atoms with Gasteiger partial charge in [-0.15, -0.1) is 0 Å². The Hall–Kier alpha value is -3.26. The summed E-state index contributed by atoms with van der Waals surface area (Å²) in [7, 11) is 0. The van der Waals surface area contributed by atoms with Crippen molar-refractivity contribution in [3.63, 3.8) is 0 Å². The second-order valence-corrected chi connectivity index (χ2v) is 6.96. The maximum Gasteiger partial charge on any atom is 0.0450 e. The summed E-state index contributed by atoms with van der Waals surface area (Å²) in [5, 5.41) is 0. The minimum Gasteiger partial charge on any atom is -0.265 e. The van der Waals surface area contributed by atoms with Crippen LogP contribution in [0.5, 0.6) is 0 Å². The molecule has 0 bridgehead atoms. The quantitative estimate of drug-likeness (QED) is 0.450. The number of nitrogens with zero attached hydrogens (tertiary/aromatic N) is 2. The van der Waals surface area contributed by atoms with Gasteiger partial charge in [0.05, 0.1) is 0 Å². The van der Waals surface area contributed by atoms with Gasteiger partial charge in [-0.1, -0.05) is 54.1 Å². The Morgan fingerprint density at radius 1 is 0.667 bits per heavy atom. The van der Waals surface area contributed by atoms with Crippen molar-refractivity contribution in [2.45, 2.75) is 20.3 Å². The Bertz CT molecular complexity index is 1070. The number of benzene rings is 2. The Morgan fingerprint density at radius 3 is 2.30 bits per heavy atom. The maximum atomic E-state index is 4.44. The zero-order valence-corrected chi connectivity index (χ0v) is 15.7. The third-order valence-electron chi connectivity index (χ3n) is 4.80. The van der Waals surface area contributed by atoms with Gasteiger partial charge in [-0.3, -0.25) is 9.97 Å². The number of aromatic nitrogens is 2. The second-order valence-electron chi connectivity index (χ2n) is 6.96. The molecule has 4 rings (SSSR count). The van der Waals surface area contributed by atoms with Crippen LogP contribution in [0.1, 0.15) is 22.4 Å². The highest BCUT2D eigenvalue weighted by molar-refractivity contribution is 5.68. The van der Waals surface area contributed by atoms with E-state index in [1.165, 1.54) is 38.9 Å². The van der Waals surface area contributed by atoms with Crippen LogP contribution in [-0.4, -0.2) is 9.97 Å². The zero-order chi connectivity index (χ0) is 18.6. The van der Waals surface area contributed by atoms with Gasteiger partial charge in [-0.25, -0.2) is 0 Å². The van der Waals surface area contributed by atoms with E-state index in [1.807, 2.05) is 24.7 Å². The van der Waals surface area contributed by atoms with Crippen LogP contribution < -0.4 is 0 Å². The molecule has 0 aliphatic rings. The van der Waals surface area contributed by atoms with Gasteiger partial charge in [-0.2, -0.15) is 0 Å². The molecule has 0 saturated carbocycles. The maximum absolute atomic E-state index is 4.44. The fourth-order valence-electron chi connectivity index (χ4n) is 3.55. The lowest BCUT2D eigenvalue weighted by Crippen LogP contribution is -1.93.